The third-order valence-electron chi connectivity index (χ3n) is 5.08. The minimum Gasteiger partial charge on any atom is -0.491 e. The van der Waals surface area contributed by atoms with Crippen LogP contribution in [0.1, 0.15) is 65.5 Å². The van der Waals surface area contributed by atoms with E-state index >= 15 is 0 Å². The lowest BCUT2D eigenvalue weighted by Gasteiger charge is -2.18. The van der Waals surface area contributed by atoms with Crippen molar-refractivity contribution in [2.75, 3.05) is 0 Å². The first-order chi connectivity index (χ1) is 15.2. The number of hydrogen-bond acceptors (Lipinski definition) is 3. The SMILES string of the molecule is CC(C)Oc1ccc(CC[C@@H](C)NC(=O)N[C@@H](C)CCc2ccc(OC(C)C)cc2)cc1. The van der Waals surface area contributed by atoms with Crippen LogP contribution < -0.4 is 20.1 Å². The van der Waals surface area contributed by atoms with Crippen molar-refractivity contribution in [1.82, 2.24) is 10.6 Å². The second kappa shape index (κ2) is 13.0. The monoisotopic (exact) mass is 440 g/mol. The molecule has 176 valence electrons. The van der Waals surface area contributed by atoms with E-state index in [1.807, 2.05) is 65.8 Å². The highest BCUT2D eigenvalue weighted by Crippen LogP contribution is 2.16. The highest BCUT2D eigenvalue weighted by atomic mass is 16.5. The smallest absolute Gasteiger partial charge is 0.315 e. The Morgan fingerprint density at radius 1 is 0.656 bits per heavy atom. The third kappa shape index (κ3) is 10.1. The molecule has 2 aromatic carbocycles. The summed E-state index contributed by atoms with van der Waals surface area (Å²) in [6, 6.07) is 16.5. The Bertz CT molecular complexity index is 733. The van der Waals surface area contributed by atoms with Crippen LogP contribution >= 0.6 is 0 Å². The standard InChI is InChI=1S/C27H40N2O3/c1-19(2)31-25-15-11-23(12-16-25)9-7-21(5)28-27(30)29-22(6)8-10-24-13-17-26(18-14-24)32-20(3)4/h11-22H,7-10H2,1-6H3,(H2,28,29,30)/t21-,22+. The summed E-state index contributed by atoms with van der Waals surface area (Å²) in [4.78, 5) is 12.3. The summed E-state index contributed by atoms with van der Waals surface area (Å²) in [7, 11) is 0. The van der Waals surface area contributed by atoms with Crippen molar-refractivity contribution in [1.29, 1.82) is 0 Å². The molecule has 5 heteroatoms. The normalized spacial score (nSPS) is 13.0. The predicted octanol–water partition coefficient (Wildman–Crippen LogP) is 5.90. The van der Waals surface area contributed by atoms with Gasteiger partial charge < -0.3 is 20.1 Å². The molecule has 2 rings (SSSR count). The minimum absolute atomic E-state index is 0.0993. The number of ether oxygens (including phenoxy) is 2. The molecule has 0 radical (unpaired) electrons. The summed E-state index contributed by atoms with van der Waals surface area (Å²) < 4.78 is 11.4. The average Bonchev–Trinajstić information content (AvgIpc) is 2.72. The lowest BCUT2D eigenvalue weighted by atomic mass is 10.1. The Balaban J connectivity index is 1.66. The van der Waals surface area contributed by atoms with E-state index in [0.29, 0.717) is 0 Å². The lowest BCUT2D eigenvalue weighted by molar-refractivity contribution is 0.233. The maximum atomic E-state index is 12.3. The fraction of sp³-hybridized carbons (Fsp3) is 0.519. The van der Waals surface area contributed by atoms with Crippen LogP contribution in [0.3, 0.4) is 0 Å². The van der Waals surface area contributed by atoms with Crippen molar-refractivity contribution in [3.8, 4) is 11.5 Å². The van der Waals surface area contributed by atoms with E-state index in [0.717, 1.165) is 37.2 Å². The average molecular weight is 441 g/mol. The number of amides is 2. The van der Waals surface area contributed by atoms with E-state index in [-0.39, 0.29) is 30.3 Å². The molecule has 2 aromatic rings. The molecule has 0 aromatic heterocycles. The first-order valence-corrected chi connectivity index (χ1v) is 11.8. The van der Waals surface area contributed by atoms with Crippen molar-refractivity contribution < 1.29 is 14.3 Å². The van der Waals surface area contributed by atoms with Crippen molar-refractivity contribution in [2.45, 2.75) is 91.5 Å². The molecule has 0 spiro atoms. The fourth-order valence-corrected chi connectivity index (χ4v) is 3.41. The van der Waals surface area contributed by atoms with Crippen LogP contribution in [0.25, 0.3) is 0 Å². The van der Waals surface area contributed by atoms with Gasteiger partial charge in [0, 0.05) is 12.1 Å². The second-order valence-electron chi connectivity index (χ2n) is 9.12. The molecule has 0 heterocycles. The molecule has 2 amide bonds. The molecular weight excluding hydrogens is 400 g/mol. The zero-order valence-electron chi connectivity index (χ0n) is 20.5. The van der Waals surface area contributed by atoms with Crippen LogP contribution in [-0.2, 0) is 12.8 Å². The van der Waals surface area contributed by atoms with Crippen molar-refractivity contribution in [2.24, 2.45) is 0 Å². The van der Waals surface area contributed by atoms with Crippen molar-refractivity contribution >= 4 is 6.03 Å². The Labute approximate surface area is 193 Å². The van der Waals surface area contributed by atoms with Gasteiger partial charge in [0.2, 0.25) is 0 Å². The van der Waals surface area contributed by atoms with Crippen LogP contribution in [-0.4, -0.2) is 30.3 Å². The van der Waals surface area contributed by atoms with E-state index in [2.05, 4.69) is 34.9 Å². The van der Waals surface area contributed by atoms with Gasteiger partial charge in [-0.25, -0.2) is 4.79 Å². The molecule has 2 atom stereocenters. The highest BCUT2D eigenvalue weighted by Gasteiger charge is 2.11. The molecule has 0 bridgehead atoms. The van der Waals surface area contributed by atoms with Gasteiger partial charge in [0.25, 0.3) is 0 Å². The Morgan fingerprint density at radius 2 is 1.00 bits per heavy atom. The Kier molecular flexibility index (Phi) is 10.4. The largest absolute Gasteiger partial charge is 0.491 e. The van der Waals surface area contributed by atoms with Gasteiger partial charge in [-0.3, -0.25) is 0 Å². The molecule has 0 aliphatic rings. The molecule has 5 nitrogen and oxygen atoms in total. The molecule has 32 heavy (non-hydrogen) atoms. The van der Waals surface area contributed by atoms with Crippen LogP contribution in [0.15, 0.2) is 48.5 Å². The molecule has 0 saturated heterocycles. The van der Waals surface area contributed by atoms with Gasteiger partial charge >= 0.3 is 6.03 Å². The van der Waals surface area contributed by atoms with Gasteiger partial charge in [0.1, 0.15) is 11.5 Å². The van der Waals surface area contributed by atoms with Gasteiger partial charge in [-0.05, 0) is 103 Å². The summed E-state index contributed by atoms with van der Waals surface area (Å²) in [5.41, 5.74) is 2.49. The number of rotatable bonds is 12. The van der Waals surface area contributed by atoms with Crippen molar-refractivity contribution in [3.05, 3.63) is 59.7 Å². The predicted molar refractivity (Wildman–Crippen MR) is 132 cm³/mol. The molecule has 0 aliphatic carbocycles. The van der Waals surface area contributed by atoms with Crippen LogP contribution in [0.2, 0.25) is 0 Å². The highest BCUT2D eigenvalue weighted by molar-refractivity contribution is 5.74. The van der Waals surface area contributed by atoms with E-state index in [1.54, 1.807) is 0 Å². The van der Waals surface area contributed by atoms with Gasteiger partial charge in [-0.2, -0.15) is 0 Å². The molecule has 0 unspecified atom stereocenters. The minimum atomic E-state index is -0.105. The van der Waals surface area contributed by atoms with E-state index < -0.39 is 0 Å². The molecule has 0 aliphatic heterocycles. The van der Waals surface area contributed by atoms with Gasteiger partial charge in [-0.1, -0.05) is 24.3 Å². The van der Waals surface area contributed by atoms with Crippen LogP contribution in [0.4, 0.5) is 4.79 Å². The summed E-state index contributed by atoms with van der Waals surface area (Å²) in [5, 5.41) is 6.10. The maximum absolute atomic E-state index is 12.3. The number of benzene rings is 2. The number of urea groups is 1. The number of carbonyl (C=O) groups excluding carboxylic acids is 1. The molecule has 2 N–H and O–H groups in total. The van der Waals surface area contributed by atoms with Gasteiger partial charge in [0.15, 0.2) is 0 Å². The molecule has 0 fully saturated rings. The second-order valence-corrected chi connectivity index (χ2v) is 9.12. The maximum Gasteiger partial charge on any atom is 0.315 e. The number of aryl methyl sites for hydroxylation is 2. The first-order valence-electron chi connectivity index (χ1n) is 11.8. The quantitative estimate of drug-likeness (QED) is 0.432. The summed E-state index contributed by atoms with van der Waals surface area (Å²) in [6.45, 7) is 12.2. The van der Waals surface area contributed by atoms with Gasteiger partial charge in [-0.15, -0.1) is 0 Å². The molecular formula is C27H40N2O3. The van der Waals surface area contributed by atoms with E-state index in [9.17, 15) is 4.79 Å². The fourth-order valence-electron chi connectivity index (χ4n) is 3.41. The van der Waals surface area contributed by atoms with E-state index in [4.69, 9.17) is 9.47 Å². The Morgan fingerprint density at radius 3 is 1.31 bits per heavy atom. The third-order valence-corrected chi connectivity index (χ3v) is 5.08. The van der Waals surface area contributed by atoms with Crippen LogP contribution in [0, 0.1) is 0 Å². The molecule has 0 saturated carbocycles. The lowest BCUT2D eigenvalue weighted by Crippen LogP contribution is -2.44. The summed E-state index contributed by atoms with van der Waals surface area (Å²) in [5.74, 6) is 1.78. The van der Waals surface area contributed by atoms with Gasteiger partial charge in [0.05, 0.1) is 12.2 Å². The first kappa shape index (κ1) is 25.6. The number of carbonyl (C=O) groups is 1. The van der Waals surface area contributed by atoms with E-state index in [1.165, 1.54) is 11.1 Å². The summed E-state index contributed by atoms with van der Waals surface area (Å²) in [6.07, 6.45) is 3.95. The topological polar surface area (TPSA) is 59.6 Å². The zero-order chi connectivity index (χ0) is 23.5. The van der Waals surface area contributed by atoms with Crippen LogP contribution in [0.5, 0.6) is 11.5 Å². The van der Waals surface area contributed by atoms with Crippen molar-refractivity contribution in [3.63, 3.8) is 0 Å². The number of hydrogen-bond donors (Lipinski definition) is 2. The number of nitrogens with one attached hydrogen (secondary N) is 2. The zero-order valence-corrected chi connectivity index (χ0v) is 20.5. The summed E-state index contributed by atoms with van der Waals surface area (Å²) >= 11 is 0. The Hall–Kier alpha value is -2.69.